The molecule has 1 aromatic rings. The zero-order valence-corrected chi connectivity index (χ0v) is 9.24. The zero-order chi connectivity index (χ0) is 13.9. The first-order valence-corrected chi connectivity index (χ1v) is 4.72. The highest BCUT2D eigenvalue weighted by Crippen LogP contribution is 2.15. The van der Waals surface area contributed by atoms with Crippen molar-refractivity contribution in [3.63, 3.8) is 0 Å². The highest BCUT2D eigenvalue weighted by atomic mass is 16.6. The molecule has 0 saturated carbocycles. The van der Waals surface area contributed by atoms with Crippen molar-refractivity contribution >= 4 is 17.8 Å². The Labute approximate surface area is 100 Å². The summed E-state index contributed by atoms with van der Waals surface area (Å²) in [5, 5.41) is 30.3. The Morgan fingerprint density at radius 3 is 2.61 bits per heavy atom. The maximum atomic E-state index is 11.4. The fourth-order valence-corrected chi connectivity index (χ4v) is 0.963. The smallest absolute Gasteiger partial charge is 0.433 e. The quantitative estimate of drug-likeness (QED) is 0.488. The molecule has 3 N–H and O–H groups in total. The number of nitro groups is 1. The first-order chi connectivity index (χ1) is 8.24. The summed E-state index contributed by atoms with van der Waals surface area (Å²) in [5.74, 6) is -3.31. The van der Waals surface area contributed by atoms with Gasteiger partial charge in [-0.3, -0.25) is 14.9 Å². The molecule has 1 amide bonds. The normalized spacial score (nSPS) is 13.7. The van der Waals surface area contributed by atoms with E-state index in [4.69, 9.17) is 5.11 Å². The number of aliphatic carboxylic acids is 1. The Hall–Kier alpha value is -2.42. The zero-order valence-electron chi connectivity index (χ0n) is 9.24. The molecule has 0 aromatic carbocycles. The van der Waals surface area contributed by atoms with Crippen LogP contribution in [0.15, 0.2) is 16.5 Å². The molecule has 0 spiro atoms. The maximum absolute atomic E-state index is 11.4. The van der Waals surface area contributed by atoms with Gasteiger partial charge in [0.1, 0.15) is 4.92 Å². The summed E-state index contributed by atoms with van der Waals surface area (Å²) in [6, 6.07) is 2.06. The number of nitrogens with one attached hydrogen (secondary N) is 1. The molecule has 0 aliphatic carbocycles. The topological polar surface area (TPSA) is 143 Å². The fraction of sp³-hybridized carbons (Fsp3) is 0.333. The molecule has 1 aromatic heterocycles. The van der Waals surface area contributed by atoms with Gasteiger partial charge < -0.3 is 19.9 Å². The summed E-state index contributed by atoms with van der Waals surface area (Å²) in [6.07, 6.45) is 0. The molecule has 98 valence electrons. The molecule has 1 heterocycles. The molecule has 0 radical (unpaired) electrons. The van der Waals surface area contributed by atoms with Crippen LogP contribution >= 0.6 is 0 Å². The Morgan fingerprint density at radius 2 is 2.17 bits per heavy atom. The first-order valence-electron chi connectivity index (χ1n) is 4.72. The minimum Gasteiger partial charge on any atom is -0.479 e. The van der Waals surface area contributed by atoms with Crippen LogP contribution in [0.1, 0.15) is 17.5 Å². The van der Waals surface area contributed by atoms with Crippen LogP contribution in [0, 0.1) is 10.1 Å². The van der Waals surface area contributed by atoms with E-state index in [1.54, 1.807) is 0 Å². The molecule has 0 fully saturated rings. The van der Waals surface area contributed by atoms with Crippen LogP contribution in [0.3, 0.4) is 0 Å². The van der Waals surface area contributed by atoms with Crippen LogP contribution in [0.25, 0.3) is 0 Å². The Morgan fingerprint density at radius 1 is 1.56 bits per heavy atom. The molecule has 18 heavy (non-hydrogen) atoms. The summed E-state index contributed by atoms with van der Waals surface area (Å²) in [4.78, 5) is 31.5. The van der Waals surface area contributed by atoms with Gasteiger partial charge in [0.2, 0.25) is 0 Å². The van der Waals surface area contributed by atoms with Gasteiger partial charge in [0, 0.05) is 0 Å². The van der Waals surface area contributed by atoms with Crippen LogP contribution in [-0.4, -0.2) is 39.2 Å². The Kier molecular flexibility index (Phi) is 3.67. The van der Waals surface area contributed by atoms with E-state index < -0.39 is 34.8 Å². The van der Waals surface area contributed by atoms with Gasteiger partial charge in [0.25, 0.3) is 5.91 Å². The minimum absolute atomic E-state index is 0.345. The number of rotatable bonds is 5. The lowest BCUT2D eigenvalue weighted by Gasteiger charge is -2.17. The number of nitrogens with zero attached hydrogens (tertiary/aromatic N) is 1. The van der Waals surface area contributed by atoms with Gasteiger partial charge in [-0.15, -0.1) is 0 Å². The molecule has 9 nitrogen and oxygen atoms in total. The number of carbonyl (C=O) groups excluding carboxylic acids is 1. The van der Waals surface area contributed by atoms with E-state index in [-0.39, 0.29) is 5.76 Å². The van der Waals surface area contributed by atoms with Crippen molar-refractivity contribution in [1.29, 1.82) is 0 Å². The average Bonchev–Trinajstić information content (AvgIpc) is 2.75. The molecule has 9 heteroatoms. The SMILES string of the molecule is CC(O)(CNC(=O)c1ccc([N+](=O)[O-])o1)C(=O)O. The van der Waals surface area contributed by atoms with Crippen molar-refractivity contribution in [2.24, 2.45) is 0 Å². The van der Waals surface area contributed by atoms with Crippen LogP contribution < -0.4 is 5.32 Å². The first kappa shape index (κ1) is 13.6. The van der Waals surface area contributed by atoms with Crippen molar-refractivity contribution in [3.05, 3.63) is 28.0 Å². The number of carbonyl (C=O) groups is 2. The summed E-state index contributed by atoms with van der Waals surface area (Å²) >= 11 is 0. The van der Waals surface area contributed by atoms with Crippen LogP contribution in [0.4, 0.5) is 5.88 Å². The van der Waals surface area contributed by atoms with E-state index in [1.807, 2.05) is 0 Å². The number of carboxylic acid groups (broad SMARTS) is 1. The lowest BCUT2D eigenvalue weighted by molar-refractivity contribution is -0.402. The van der Waals surface area contributed by atoms with Gasteiger partial charge in [0.05, 0.1) is 12.6 Å². The van der Waals surface area contributed by atoms with Gasteiger partial charge in [-0.1, -0.05) is 0 Å². The second-order valence-electron chi connectivity index (χ2n) is 3.66. The van der Waals surface area contributed by atoms with Crippen molar-refractivity contribution < 1.29 is 29.1 Å². The van der Waals surface area contributed by atoms with Crippen molar-refractivity contribution in [3.8, 4) is 0 Å². The average molecular weight is 258 g/mol. The second kappa shape index (κ2) is 4.84. The molecule has 0 aliphatic rings. The molecular weight excluding hydrogens is 248 g/mol. The monoisotopic (exact) mass is 258 g/mol. The van der Waals surface area contributed by atoms with Crippen LogP contribution in [0.5, 0.6) is 0 Å². The summed E-state index contributed by atoms with van der Waals surface area (Å²) in [5.41, 5.74) is -2.13. The number of hydrogen-bond acceptors (Lipinski definition) is 6. The maximum Gasteiger partial charge on any atom is 0.433 e. The lowest BCUT2D eigenvalue weighted by atomic mass is 10.1. The third-order valence-corrected chi connectivity index (χ3v) is 2.05. The molecule has 1 unspecified atom stereocenters. The summed E-state index contributed by atoms with van der Waals surface area (Å²) < 4.78 is 4.59. The van der Waals surface area contributed by atoms with Crippen molar-refractivity contribution in [2.75, 3.05) is 6.54 Å². The molecule has 0 saturated heterocycles. The number of carboxylic acids is 1. The van der Waals surface area contributed by atoms with Crippen LogP contribution in [-0.2, 0) is 4.79 Å². The Balaban J connectivity index is 2.66. The highest BCUT2D eigenvalue weighted by molar-refractivity contribution is 5.92. The predicted molar refractivity (Wildman–Crippen MR) is 56.0 cm³/mol. The van der Waals surface area contributed by atoms with Gasteiger partial charge in [-0.25, -0.2) is 4.79 Å². The minimum atomic E-state index is -2.13. The molecule has 1 rings (SSSR count). The summed E-state index contributed by atoms with van der Waals surface area (Å²) in [6.45, 7) is 0.440. The standard InChI is InChI=1S/C9H10N2O7/c1-9(15,8(13)14)4-10-7(12)5-2-3-6(18-5)11(16)17/h2-3,15H,4H2,1H3,(H,10,12)(H,13,14). The molecular formula is C9H10N2O7. The Bertz CT molecular complexity index is 491. The van der Waals surface area contributed by atoms with Gasteiger partial charge >= 0.3 is 11.9 Å². The summed E-state index contributed by atoms with van der Waals surface area (Å²) in [7, 11) is 0. The van der Waals surface area contributed by atoms with E-state index in [2.05, 4.69) is 9.73 Å². The largest absolute Gasteiger partial charge is 0.479 e. The van der Waals surface area contributed by atoms with E-state index in [0.717, 1.165) is 19.1 Å². The highest BCUT2D eigenvalue weighted by Gasteiger charge is 2.31. The third-order valence-electron chi connectivity index (χ3n) is 2.05. The van der Waals surface area contributed by atoms with E-state index in [9.17, 15) is 24.8 Å². The molecule has 1 atom stereocenters. The van der Waals surface area contributed by atoms with Gasteiger partial charge in [0.15, 0.2) is 11.4 Å². The number of amides is 1. The third kappa shape index (κ3) is 3.04. The van der Waals surface area contributed by atoms with Crippen LogP contribution in [0.2, 0.25) is 0 Å². The number of aliphatic hydroxyl groups is 1. The van der Waals surface area contributed by atoms with E-state index in [0.29, 0.717) is 0 Å². The fourth-order valence-electron chi connectivity index (χ4n) is 0.963. The number of hydrogen-bond donors (Lipinski definition) is 3. The van der Waals surface area contributed by atoms with E-state index >= 15 is 0 Å². The van der Waals surface area contributed by atoms with Gasteiger partial charge in [-0.05, 0) is 13.0 Å². The van der Waals surface area contributed by atoms with Crippen molar-refractivity contribution in [2.45, 2.75) is 12.5 Å². The van der Waals surface area contributed by atoms with Gasteiger partial charge in [-0.2, -0.15) is 0 Å². The van der Waals surface area contributed by atoms with E-state index in [1.165, 1.54) is 0 Å². The predicted octanol–water partition coefficient (Wildman–Crippen LogP) is -0.247. The lowest BCUT2D eigenvalue weighted by Crippen LogP contribution is -2.46. The number of furan rings is 1. The second-order valence-corrected chi connectivity index (χ2v) is 3.66. The van der Waals surface area contributed by atoms with Crippen molar-refractivity contribution in [1.82, 2.24) is 5.32 Å². The molecule has 0 aliphatic heterocycles. The molecule has 0 bridgehead atoms.